The molecule has 3 rings (SSSR count). The van der Waals surface area contributed by atoms with E-state index >= 15 is 0 Å². The van der Waals surface area contributed by atoms with Crippen molar-refractivity contribution < 1.29 is 9.53 Å². The van der Waals surface area contributed by atoms with Crippen molar-refractivity contribution in [1.82, 2.24) is 14.8 Å². The minimum Gasteiger partial charge on any atom is -0.378 e. The molecule has 0 N–H and O–H groups in total. The van der Waals surface area contributed by atoms with Crippen molar-refractivity contribution >= 4 is 29.3 Å². The number of para-hydroxylation sites is 1. The van der Waals surface area contributed by atoms with Gasteiger partial charge < -0.3 is 14.5 Å². The Hall–Kier alpha value is -2.06. The first kappa shape index (κ1) is 19.7. The summed E-state index contributed by atoms with van der Waals surface area (Å²) in [7, 11) is 0. The molecule has 1 saturated heterocycles. The molecule has 1 aromatic carbocycles. The van der Waals surface area contributed by atoms with E-state index in [0.717, 1.165) is 36.4 Å². The number of thioether (sulfide) groups is 1. The van der Waals surface area contributed by atoms with Gasteiger partial charge in [0.05, 0.1) is 18.5 Å². The molecule has 27 heavy (non-hydrogen) atoms. The van der Waals surface area contributed by atoms with Crippen molar-refractivity contribution in [3.8, 4) is 0 Å². The Morgan fingerprint density at radius 1 is 1.22 bits per heavy atom. The molecule has 7 nitrogen and oxygen atoms in total. The quantitative estimate of drug-likeness (QED) is 0.679. The molecule has 0 spiro atoms. The Labute approximate surface area is 164 Å². The summed E-state index contributed by atoms with van der Waals surface area (Å²) in [6.07, 6.45) is 0. The molecular weight excluding hydrogens is 362 g/mol. The fourth-order valence-corrected chi connectivity index (χ4v) is 4.11. The summed E-state index contributed by atoms with van der Waals surface area (Å²) >= 11 is 1.47. The molecule has 0 saturated carbocycles. The molecular formula is C19H27N5O2S. The van der Waals surface area contributed by atoms with Crippen molar-refractivity contribution in [2.24, 2.45) is 0 Å². The third-order valence-corrected chi connectivity index (χ3v) is 5.66. The Morgan fingerprint density at radius 2 is 1.93 bits per heavy atom. The van der Waals surface area contributed by atoms with Gasteiger partial charge in [0, 0.05) is 31.9 Å². The van der Waals surface area contributed by atoms with Gasteiger partial charge in [0.15, 0.2) is 5.16 Å². The average molecular weight is 390 g/mol. The van der Waals surface area contributed by atoms with Crippen LogP contribution in [0.15, 0.2) is 35.5 Å². The molecule has 1 aromatic heterocycles. The lowest BCUT2D eigenvalue weighted by molar-refractivity contribution is -0.117. The van der Waals surface area contributed by atoms with E-state index in [0.29, 0.717) is 19.8 Å². The normalized spacial score (nSPS) is 15.6. The maximum atomic E-state index is 13.0. The van der Waals surface area contributed by atoms with Crippen LogP contribution in [0, 0.1) is 0 Å². The molecule has 2 aromatic rings. The van der Waals surface area contributed by atoms with Crippen molar-refractivity contribution in [2.45, 2.75) is 37.7 Å². The van der Waals surface area contributed by atoms with E-state index < -0.39 is 0 Å². The second-order valence-electron chi connectivity index (χ2n) is 6.30. The van der Waals surface area contributed by atoms with E-state index in [4.69, 9.17) is 4.74 Å². The summed E-state index contributed by atoms with van der Waals surface area (Å²) in [5.74, 6) is 0.936. The molecule has 2 heterocycles. The average Bonchev–Trinajstić information content (AvgIpc) is 3.12. The van der Waals surface area contributed by atoms with Gasteiger partial charge in [-0.25, -0.2) is 0 Å². The first-order valence-electron chi connectivity index (χ1n) is 9.44. The number of rotatable bonds is 7. The van der Waals surface area contributed by atoms with Gasteiger partial charge in [0.1, 0.15) is 0 Å². The maximum absolute atomic E-state index is 13.0. The largest absolute Gasteiger partial charge is 0.378 e. The van der Waals surface area contributed by atoms with Gasteiger partial charge in [0.25, 0.3) is 0 Å². The van der Waals surface area contributed by atoms with Crippen LogP contribution in [-0.4, -0.2) is 58.8 Å². The summed E-state index contributed by atoms with van der Waals surface area (Å²) in [5.41, 5.74) is 0.920. The number of anilines is 2. The number of hydrogen-bond donors (Lipinski definition) is 0. The maximum Gasteiger partial charge on any atom is 0.240 e. The van der Waals surface area contributed by atoms with E-state index in [2.05, 4.69) is 26.6 Å². The zero-order chi connectivity index (χ0) is 19.2. The van der Waals surface area contributed by atoms with Crippen LogP contribution >= 0.6 is 11.8 Å². The molecule has 1 aliphatic heterocycles. The van der Waals surface area contributed by atoms with Gasteiger partial charge in [-0.15, -0.1) is 10.2 Å². The third kappa shape index (κ3) is 4.44. The smallest absolute Gasteiger partial charge is 0.240 e. The number of ether oxygens (including phenoxy) is 1. The molecule has 1 atom stereocenters. The van der Waals surface area contributed by atoms with Crippen LogP contribution in [0.2, 0.25) is 0 Å². The van der Waals surface area contributed by atoms with Crippen LogP contribution < -0.4 is 9.80 Å². The number of carbonyl (C=O) groups excluding carboxylic acids is 1. The van der Waals surface area contributed by atoms with Gasteiger partial charge in [-0.2, -0.15) is 0 Å². The Balaban J connectivity index is 1.74. The second kappa shape index (κ2) is 9.23. The fraction of sp³-hybridized carbons (Fsp3) is 0.526. The number of hydrogen-bond acceptors (Lipinski definition) is 6. The van der Waals surface area contributed by atoms with Crippen LogP contribution in [0.1, 0.15) is 20.8 Å². The lowest BCUT2D eigenvalue weighted by atomic mass is 10.2. The number of morpholine rings is 1. The SMILES string of the molecule is CCN(C(=O)[C@H](C)Sc1nnc(N2CCOCC2)n1CC)c1ccccc1. The molecule has 1 fully saturated rings. The Kier molecular flexibility index (Phi) is 6.73. The van der Waals surface area contributed by atoms with Gasteiger partial charge in [-0.1, -0.05) is 30.0 Å². The van der Waals surface area contributed by atoms with E-state index in [1.165, 1.54) is 11.8 Å². The highest BCUT2D eigenvalue weighted by Gasteiger charge is 2.26. The fourth-order valence-electron chi connectivity index (χ4n) is 3.14. The summed E-state index contributed by atoms with van der Waals surface area (Å²) in [6, 6.07) is 9.78. The first-order valence-corrected chi connectivity index (χ1v) is 10.3. The highest BCUT2D eigenvalue weighted by Crippen LogP contribution is 2.28. The molecule has 146 valence electrons. The number of benzene rings is 1. The molecule has 1 amide bonds. The zero-order valence-electron chi connectivity index (χ0n) is 16.2. The van der Waals surface area contributed by atoms with Gasteiger partial charge in [-0.05, 0) is 32.9 Å². The molecule has 0 unspecified atom stereocenters. The predicted octanol–water partition coefficient (Wildman–Crippen LogP) is 2.67. The third-order valence-electron chi connectivity index (χ3n) is 4.59. The van der Waals surface area contributed by atoms with Gasteiger partial charge in [-0.3, -0.25) is 9.36 Å². The highest BCUT2D eigenvalue weighted by molar-refractivity contribution is 8.00. The zero-order valence-corrected chi connectivity index (χ0v) is 17.0. The number of carbonyl (C=O) groups is 1. The van der Waals surface area contributed by atoms with E-state index in [1.807, 2.05) is 49.1 Å². The van der Waals surface area contributed by atoms with Gasteiger partial charge >= 0.3 is 0 Å². The van der Waals surface area contributed by atoms with Crippen molar-refractivity contribution in [3.05, 3.63) is 30.3 Å². The summed E-state index contributed by atoms with van der Waals surface area (Å²) < 4.78 is 7.51. The summed E-state index contributed by atoms with van der Waals surface area (Å²) in [6.45, 7) is 10.4. The minimum atomic E-state index is -0.253. The predicted molar refractivity (Wildman–Crippen MR) is 109 cm³/mol. The number of aromatic nitrogens is 3. The molecule has 8 heteroatoms. The Morgan fingerprint density at radius 3 is 2.56 bits per heavy atom. The van der Waals surface area contributed by atoms with Crippen LogP contribution in [0.3, 0.4) is 0 Å². The lowest BCUT2D eigenvalue weighted by Gasteiger charge is -2.28. The topological polar surface area (TPSA) is 63.5 Å². The van der Waals surface area contributed by atoms with Crippen molar-refractivity contribution in [1.29, 1.82) is 0 Å². The minimum absolute atomic E-state index is 0.0762. The number of amides is 1. The lowest BCUT2D eigenvalue weighted by Crippen LogP contribution is -2.38. The monoisotopic (exact) mass is 389 g/mol. The van der Waals surface area contributed by atoms with E-state index in [1.54, 1.807) is 0 Å². The number of nitrogens with zero attached hydrogens (tertiary/aromatic N) is 5. The van der Waals surface area contributed by atoms with E-state index in [9.17, 15) is 4.79 Å². The summed E-state index contributed by atoms with van der Waals surface area (Å²) in [4.78, 5) is 17.0. The summed E-state index contributed by atoms with van der Waals surface area (Å²) in [5, 5.41) is 9.28. The highest BCUT2D eigenvalue weighted by atomic mass is 32.2. The van der Waals surface area contributed by atoms with Crippen LogP contribution in [-0.2, 0) is 16.1 Å². The Bertz CT molecular complexity index is 746. The molecule has 0 radical (unpaired) electrons. The standard InChI is InChI=1S/C19H27N5O2S/c1-4-23(16-9-7-6-8-10-16)17(25)15(3)27-19-21-20-18(24(19)5-2)22-11-13-26-14-12-22/h6-10,15H,4-5,11-14H2,1-3H3/t15-/m0/s1. The van der Waals surface area contributed by atoms with Gasteiger partial charge in [0.2, 0.25) is 11.9 Å². The van der Waals surface area contributed by atoms with Crippen LogP contribution in [0.4, 0.5) is 11.6 Å². The first-order chi connectivity index (χ1) is 13.2. The van der Waals surface area contributed by atoms with Crippen molar-refractivity contribution in [3.63, 3.8) is 0 Å². The molecule has 0 aliphatic carbocycles. The second-order valence-corrected chi connectivity index (χ2v) is 7.61. The molecule has 1 aliphatic rings. The van der Waals surface area contributed by atoms with Crippen LogP contribution in [0.5, 0.6) is 0 Å². The molecule has 0 bridgehead atoms. The van der Waals surface area contributed by atoms with E-state index in [-0.39, 0.29) is 11.2 Å². The van der Waals surface area contributed by atoms with Crippen LogP contribution in [0.25, 0.3) is 0 Å². The van der Waals surface area contributed by atoms with Crippen molar-refractivity contribution in [2.75, 3.05) is 42.6 Å².